The molecule has 0 fully saturated rings. The largest absolute Gasteiger partial charge is 0.573 e. The number of pyridine rings is 1. The summed E-state index contributed by atoms with van der Waals surface area (Å²) in [6, 6.07) is 10.9. The topological polar surface area (TPSA) is 74.0 Å². The van der Waals surface area contributed by atoms with Crippen LogP contribution >= 0.6 is 0 Å². The van der Waals surface area contributed by atoms with Gasteiger partial charge >= 0.3 is 6.36 Å². The van der Waals surface area contributed by atoms with Gasteiger partial charge in [-0.25, -0.2) is 9.99 Å². The third kappa shape index (κ3) is 4.87. The van der Waals surface area contributed by atoms with Crippen LogP contribution in [-0.2, 0) is 11.3 Å². The Morgan fingerprint density at radius 3 is 2.55 bits per heavy atom. The molecule has 8 nitrogen and oxygen atoms in total. The van der Waals surface area contributed by atoms with Crippen LogP contribution in [0.4, 0.5) is 18.9 Å². The maximum atomic E-state index is 12.3. The number of ether oxygens (including phenoxy) is 3. The highest BCUT2D eigenvalue weighted by Gasteiger charge is 2.31. The average Bonchev–Trinajstić information content (AvgIpc) is 3.35. The smallest absolute Gasteiger partial charge is 0.481 e. The molecular formula is C20H18F3N5O3. The molecule has 1 aromatic carbocycles. The number of alkyl halides is 3. The minimum absolute atomic E-state index is 0.114. The molecule has 0 bridgehead atoms. The first-order chi connectivity index (χ1) is 14.8. The molecule has 4 rings (SSSR count). The van der Waals surface area contributed by atoms with E-state index in [-0.39, 0.29) is 12.5 Å². The predicted octanol–water partition coefficient (Wildman–Crippen LogP) is 3.70. The Bertz CT molecular complexity index is 1080. The van der Waals surface area contributed by atoms with E-state index in [4.69, 9.17) is 9.47 Å². The van der Waals surface area contributed by atoms with Crippen molar-refractivity contribution < 1.29 is 27.4 Å². The average molecular weight is 433 g/mol. The first kappa shape index (κ1) is 20.5. The number of halogens is 3. The molecule has 0 spiro atoms. The minimum Gasteiger partial charge on any atom is -0.481 e. The van der Waals surface area contributed by atoms with Crippen molar-refractivity contribution in [2.24, 2.45) is 5.10 Å². The number of aromatic nitrogens is 3. The molecule has 0 amide bonds. The normalized spacial score (nSPS) is 13.7. The Morgan fingerprint density at radius 2 is 1.90 bits per heavy atom. The fourth-order valence-electron chi connectivity index (χ4n) is 2.94. The van der Waals surface area contributed by atoms with Crippen molar-refractivity contribution >= 4 is 11.6 Å². The van der Waals surface area contributed by atoms with E-state index in [9.17, 15) is 13.2 Å². The molecule has 0 saturated heterocycles. The summed E-state index contributed by atoms with van der Waals surface area (Å²) in [4.78, 5) is 4.19. The van der Waals surface area contributed by atoms with Crippen LogP contribution in [0.3, 0.4) is 0 Å². The third-order valence-electron chi connectivity index (χ3n) is 4.44. The predicted molar refractivity (Wildman–Crippen MR) is 105 cm³/mol. The number of aryl methyl sites for hydroxylation is 1. The molecular weight excluding hydrogens is 415 g/mol. The van der Waals surface area contributed by atoms with Gasteiger partial charge in [0.1, 0.15) is 11.4 Å². The van der Waals surface area contributed by atoms with Gasteiger partial charge < -0.3 is 14.2 Å². The summed E-state index contributed by atoms with van der Waals surface area (Å²) in [5.41, 5.74) is 2.98. The van der Waals surface area contributed by atoms with Crippen LogP contribution in [0.15, 0.2) is 53.8 Å². The van der Waals surface area contributed by atoms with E-state index >= 15 is 0 Å². The van der Waals surface area contributed by atoms with Gasteiger partial charge in [-0.15, -0.1) is 18.3 Å². The van der Waals surface area contributed by atoms with E-state index < -0.39 is 6.36 Å². The fraction of sp³-hybridized carbons (Fsp3) is 0.250. The molecule has 3 aromatic rings. The lowest BCUT2D eigenvalue weighted by atomic mass is 10.3. The first-order valence-electron chi connectivity index (χ1n) is 9.19. The van der Waals surface area contributed by atoms with Crippen LogP contribution < -0.4 is 14.5 Å². The number of hydrogen-bond donors (Lipinski definition) is 0. The fourth-order valence-corrected chi connectivity index (χ4v) is 2.94. The number of anilines is 1. The molecule has 0 radical (unpaired) electrons. The summed E-state index contributed by atoms with van der Waals surface area (Å²) < 4.78 is 53.3. The van der Waals surface area contributed by atoms with Crippen LogP contribution in [0, 0.1) is 6.92 Å². The van der Waals surface area contributed by atoms with Crippen molar-refractivity contribution in [2.45, 2.75) is 19.8 Å². The van der Waals surface area contributed by atoms with E-state index in [0.29, 0.717) is 29.7 Å². The van der Waals surface area contributed by atoms with E-state index in [1.54, 1.807) is 24.1 Å². The number of rotatable bonds is 6. The highest BCUT2D eigenvalue weighted by atomic mass is 19.4. The summed E-state index contributed by atoms with van der Waals surface area (Å²) in [7, 11) is 1.56. The number of nitrogens with zero attached hydrogens (tertiary/aromatic N) is 5. The van der Waals surface area contributed by atoms with Crippen molar-refractivity contribution in [1.82, 2.24) is 14.8 Å². The van der Waals surface area contributed by atoms with Crippen molar-refractivity contribution in [2.75, 3.05) is 18.8 Å². The van der Waals surface area contributed by atoms with Gasteiger partial charge in [0.2, 0.25) is 5.88 Å². The van der Waals surface area contributed by atoms with Crippen molar-refractivity contribution in [3.63, 3.8) is 0 Å². The molecule has 0 saturated carbocycles. The SMILES string of the molecule is COc1ccc(Cn2nc(C3=NN(c4ccc(OC(F)(F)F)cc4)CO3)cc2C)cn1. The lowest BCUT2D eigenvalue weighted by molar-refractivity contribution is -0.274. The number of methoxy groups -OCH3 is 1. The van der Waals surface area contributed by atoms with Gasteiger partial charge in [-0.05, 0) is 42.8 Å². The van der Waals surface area contributed by atoms with E-state index in [2.05, 4.69) is 19.9 Å². The Balaban J connectivity index is 1.46. The lowest BCUT2D eigenvalue weighted by Crippen LogP contribution is -2.17. The van der Waals surface area contributed by atoms with Gasteiger partial charge in [0.15, 0.2) is 6.73 Å². The number of hydrazone groups is 1. The monoisotopic (exact) mass is 433 g/mol. The van der Waals surface area contributed by atoms with Gasteiger partial charge in [0.05, 0.1) is 19.3 Å². The van der Waals surface area contributed by atoms with Crippen molar-refractivity contribution in [1.29, 1.82) is 0 Å². The zero-order valence-corrected chi connectivity index (χ0v) is 16.6. The number of hydrogen-bond acceptors (Lipinski definition) is 7. The van der Waals surface area contributed by atoms with Crippen LogP contribution in [0.2, 0.25) is 0 Å². The quantitative estimate of drug-likeness (QED) is 0.590. The molecule has 3 heterocycles. The molecule has 11 heteroatoms. The summed E-state index contributed by atoms with van der Waals surface area (Å²) in [5.74, 6) is 0.557. The van der Waals surface area contributed by atoms with Gasteiger partial charge in [0, 0.05) is 18.0 Å². The van der Waals surface area contributed by atoms with Gasteiger partial charge in [-0.1, -0.05) is 6.07 Å². The molecule has 0 atom stereocenters. The second-order valence-corrected chi connectivity index (χ2v) is 6.66. The standard InChI is InChI=1S/C20H18F3N5O3/c1-13-9-17(25-27(13)11-14-3-8-18(29-2)24-10-14)19-26-28(12-30-19)15-4-6-16(7-5-15)31-20(21,22)23/h3-10H,11-12H2,1-2H3. The van der Waals surface area contributed by atoms with E-state index in [1.807, 2.05) is 19.1 Å². The van der Waals surface area contributed by atoms with Crippen molar-refractivity contribution in [3.05, 3.63) is 65.6 Å². The molecule has 162 valence electrons. The maximum Gasteiger partial charge on any atom is 0.573 e. The van der Waals surface area contributed by atoms with Crippen LogP contribution in [0.5, 0.6) is 11.6 Å². The molecule has 31 heavy (non-hydrogen) atoms. The van der Waals surface area contributed by atoms with Crippen LogP contribution in [0.1, 0.15) is 17.0 Å². The van der Waals surface area contributed by atoms with E-state index in [0.717, 1.165) is 11.3 Å². The molecule has 0 aliphatic carbocycles. The minimum atomic E-state index is -4.73. The zero-order chi connectivity index (χ0) is 22.0. The van der Waals surface area contributed by atoms with Crippen LogP contribution in [0.25, 0.3) is 0 Å². The first-order valence-corrected chi connectivity index (χ1v) is 9.19. The second kappa shape index (κ2) is 8.17. The third-order valence-corrected chi connectivity index (χ3v) is 4.44. The molecule has 2 aromatic heterocycles. The summed E-state index contributed by atoms with van der Waals surface area (Å²) in [5, 5.41) is 10.4. The molecule has 1 aliphatic rings. The Hall–Kier alpha value is -3.76. The molecule has 0 unspecified atom stereocenters. The highest BCUT2D eigenvalue weighted by molar-refractivity contribution is 5.94. The van der Waals surface area contributed by atoms with E-state index in [1.165, 1.54) is 29.3 Å². The molecule has 0 N–H and O–H groups in total. The van der Waals surface area contributed by atoms with Gasteiger partial charge in [0.25, 0.3) is 5.90 Å². The summed E-state index contributed by atoms with van der Waals surface area (Å²) in [6.45, 7) is 2.55. The second-order valence-electron chi connectivity index (χ2n) is 6.66. The van der Waals surface area contributed by atoms with Crippen molar-refractivity contribution in [3.8, 4) is 11.6 Å². The van der Waals surface area contributed by atoms with Gasteiger partial charge in [-0.3, -0.25) is 4.68 Å². The lowest BCUT2D eigenvalue weighted by Gasteiger charge is -2.13. The van der Waals surface area contributed by atoms with Crippen LogP contribution in [-0.4, -0.2) is 40.9 Å². The zero-order valence-electron chi connectivity index (χ0n) is 16.6. The summed E-state index contributed by atoms with van der Waals surface area (Å²) in [6.07, 6.45) is -3.01. The molecule has 1 aliphatic heterocycles. The summed E-state index contributed by atoms with van der Waals surface area (Å²) >= 11 is 0. The Kier molecular flexibility index (Phi) is 5.40. The highest BCUT2D eigenvalue weighted by Crippen LogP contribution is 2.27. The Morgan fingerprint density at radius 1 is 1.13 bits per heavy atom. The maximum absolute atomic E-state index is 12.3. The number of benzene rings is 1. The van der Waals surface area contributed by atoms with Gasteiger partial charge in [-0.2, -0.15) is 5.10 Å². The Labute approximate surface area is 175 Å².